The maximum atomic E-state index is 2.47. The summed E-state index contributed by atoms with van der Waals surface area (Å²) >= 11 is 0. The van der Waals surface area contributed by atoms with Gasteiger partial charge in [0.15, 0.2) is 12.4 Å². The molecule has 0 radical (unpaired) electrons. The smallest absolute Gasteiger partial charge is 0.201 e. The Morgan fingerprint density at radius 2 is 1.15 bits per heavy atom. The molecular weight excluding hydrogens is 812 g/mol. The average molecular weight is 854 g/mol. The molecule has 2 nitrogen and oxygen atoms in total. The summed E-state index contributed by atoms with van der Waals surface area (Å²) in [4.78, 5) is 0. The van der Waals surface area contributed by atoms with Crippen molar-refractivity contribution in [1.82, 2.24) is 0 Å². The van der Waals surface area contributed by atoms with E-state index in [1.807, 2.05) is 0 Å². The molecule has 0 saturated heterocycles. The van der Waals surface area contributed by atoms with Crippen molar-refractivity contribution >= 4 is 43.1 Å². The fourth-order valence-electron chi connectivity index (χ4n) is 8.72. The van der Waals surface area contributed by atoms with Crippen LogP contribution in [0.25, 0.3) is 76.7 Å². The van der Waals surface area contributed by atoms with Crippen LogP contribution in [-0.2, 0) is 48.0 Å². The summed E-state index contributed by atoms with van der Waals surface area (Å²) in [6.07, 6.45) is 7.75. The summed E-state index contributed by atoms with van der Waals surface area (Å²) in [6, 6.07) is 49.1. The molecule has 0 atom stereocenters. The second-order valence-corrected chi connectivity index (χ2v) is 14.3. The van der Waals surface area contributed by atoms with E-state index in [0.717, 1.165) is 12.8 Å². The maximum Gasteiger partial charge on any atom is 0.216 e. The van der Waals surface area contributed by atoms with E-state index in [1.165, 1.54) is 105 Å². The molecule has 0 bridgehead atoms. The van der Waals surface area contributed by atoms with Crippen LogP contribution in [0.4, 0.5) is 0 Å². The molecule has 52 heavy (non-hydrogen) atoms. The standard InChI is InChI=1S/C32H26N.C17H16N.Pt/c1-20-18-26(19-25-9-4-8-24-10-5-17-33(2)32(24)29(20)25)27-15-13-23-12-11-21-6-3-7-22-14-16-28(27)31(23)30(21)22;1-13-10-11-14-7-3-4-8-15(14)17(13)16-9-5-6-12-18(16)2;/h3,5-7,10-19H,4,8-9H2,1-2H3;3-12H,1-2H3;/q2*+1;. The van der Waals surface area contributed by atoms with Crippen LogP contribution >= 0.6 is 0 Å². The molecule has 0 spiro atoms. The van der Waals surface area contributed by atoms with Gasteiger partial charge in [0.2, 0.25) is 11.4 Å². The Bertz CT molecular complexity index is 2760. The Morgan fingerprint density at radius 3 is 1.98 bits per heavy atom. The van der Waals surface area contributed by atoms with E-state index in [1.54, 1.807) is 0 Å². The minimum atomic E-state index is 0. The number of hydrogen-bond acceptors (Lipinski definition) is 0. The number of rotatable bonds is 2. The number of fused-ring (bicyclic) bond motifs is 4. The molecule has 0 N–H and O–H groups in total. The first-order valence-electron chi connectivity index (χ1n) is 18.2. The monoisotopic (exact) mass is 853 g/mol. The zero-order chi connectivity index (χ0) is 34.6. The zero-order valence-electron chi connectivity index (χ0n) is 30.2. The number of aromatic nitrogens is 2. The second-order valence-electron chi connectivity index (χ2n) is 14.3. The zero-order valence-corrected chi connectivity index (χ0v) is 32.5. The van der Waals surface area contributed by atoms with Crippen molar-refractivity contribution in [3.63, 3.8) is 0 Å². The maximum absolute atomic E-state index is 2.47. The van der Waals surface area contributed by atoms with Crippen molar-refractivity contribution < 1.29 is 30.2 Å². The minimum Gasteiger partial charge on any atom is -0.201 e. The molecule has 9 aromatic rings. The topological polar surface area (TPSA) is 7.76 Å². The fourth-order valence-corrected chi connectivity index (χ4v) is 8.72. The molecule has 1 aliphatic carbocycles. The molecule has 0 fully saturated rings. The van der Waals surface area contributed by atoms with Crippen LogP contribution in [0, 0.1) is 13.8 Å². The molecule has 10 rings (SSSR count). The van der Waals surface area contributed by atoms with Crippen LogP contribution in [0.5, 0.6) is 0 Å². The van der Waals surface area contributed by atoms with E-state index in [2.05, 4.69) is 183 Å². The summed E-state index contributed by atoms with van der Waals surface area (Å²) in [5, 5.41) is 10.7. The van der Waals surface area contributed by atoms with Gasteiger partial charge in [0.1, 0.15) is 14.1 Å². The Hall–Kier alpha value is -5.17. The SMILES string of the molecule is Cc1cc(-c2ccc3ccc4cccc5ccc2c3c45)cc2c1-c1c(ccc[n+]1C)CCC2.Cc1ccc2ccccc2c1-c1cccc[n+]1C.[Pt]. The van der Waals surface area contributed by atoms with E-state index in [4.69, 9.17) is 0 Å². The Labute approximate surface area is 320 Å². The molecule has 3 heteroatoms. The fraction of sp³-hybridized carbons (Fsp3) is 0.143. The van der Waals surface area contributed by atoms with Crippen LogP contribution in [0.15, 0.2) is 146 Å². The summed E-state index contributed by atoms with van der Waals surface area (Å²) in [7, 11) is 4.28. The quantitative estimate of drug-likeness (QED) is 0.121. The van der Waals surface area contributed by atoms with E-state index in [9.17, 15) is 0 Å². The second kappa shape index (κ2) is 13.8. The van der Waals surface area contributed by atoms with Gasteiger partial charge in [-0.3, -0.25) is 0 Å². The van der Waals surface area contributed by atoms with Crippen LogP contribution in [-0.4, -0.2) is 0 Å². The van der Waals surface area contributed by atoms with Crippen LogP contribution in [0.1, 0.15) is 28.7 Å². The Morgan fingerprint density at radius 1 is 0.481 bits per heavy atom. The van der Waals surface area contributed by atoms with Gasteiger partial charge in [-0.25, -0.2) is 9.13 Å². The van der Waals surface area contributed by atoms with Crippen molar-refractivity contribution in [2.45, 2.75) is 33.1 Å². The van der Waals surface area contributed by atoms with Crippen molar-refractivity contribution in [1.29, 1.82) is 0 Å². The molecule has 0 aliphatic heterocycles. The summed E-state index contributed by atoms with van der Waals surface area (Å²) in [5.41, 5.74) is 13.7. The molecule has 0 saturated carbocycles. The van der Waals surface area contributed by atoms with Gasteiger partial charge in [0.05, 0.1) is 11.1 Å². The van der Waals surface area contributed by atoms with Gasteiger partial charge in [-0.05, 0) is 116 Å². The number of pyridine rings is 2. The van der Waals surface area contributed by atoms with Gasteiger partial charge in [0, 0.05) is 44.8 Å². The third-order valence-electron chi connectivity index (χ3n) is 11.1. The molecule has 0 unspecified atom stereocenters. The van der Waals surface area contributed by atoms with Gasteiger partial charge in [0.25, 0.3) is 0 Å². The van der Waals surface area contributed by atoms with E-state index < -0.39 is 0 Å². The van der Waals surface area contributed by atoms with E-state index in [0.29, 0.717) is 0 Å². The minimum absolute atomic E-state index is 0. The summed E-state index contributed by atoms with van der Waals surface area (Å²) in [6.45, 7) is 4.47. The Kier molecular flexibility index (Phi) is 8.98. The molecule has 2 heterocycles. The van der Waals surface area contributed by atoms with Gasteiger partial charge < -0.3 is 0 Å². The first-order chi connectivity index (χ1) is 25.0. The molecule has 256 valence electrons. The van der Waals surface area contributed by atoms with Crippen LogP contribution < -0.4 is 9.13 Å². The van der Waals surface area contributed by atoms with Crippen molar-refractivity contribution in [3.8, 4) is 33.6 Å². The van der Waals surface area contributed by atoms with Gasteiger partial charge in [-0.2, -0.15) is 0 Å². The van der Waals surface area contributed by atoms with Crippen molar-refractivity contribution in [2.75, 3.05) is 0 Å². The number of benzene rings is 7. The average Bonchev–Trinajstić information content (AvgIpc) is 3.35. The number of aryl methyl sites for hydroxylation is 6. The predicted molar refractivity (Wildman–Crippen MR) is 214 cm³/mol. The third kappa shape index (κ3) is 5.71. The first kappa shape index (κ1) is 33.9. The number of nitrogens with zero attached hydrogens (tertiary/aromatic N) is 2. The van der Waals surface area contributed by atoms with Crippen molar-refractivity contribution in [2.24, 2.45) is 14.1 Å². The van der Waals surface area contributed by atoms with Crippen LogP contribution in [0.2, 0.25) is 0 Å². The predicted octanol–water partition coefficient (Wildman–Crippen LogP) is 11.2. The number of hydrogen-bond donors (Lipinski definition) is 0. The first-order valence-corrected chi connectivity index (χ1v) is 18.2. The van der Waals surface area contributed by atoms with E-state index >= 15 is 0 Å². The van der Waals surface area contributed by atoms with Gasteiger partial charge in [-0.1, -0.05) is 103 Å². The molecular formula is C49H42N2Pt+2. The molecule has 0 amide bonds. The normalized spacial score (nSPS) is 12.2. The molecule has 1 aliphatic rings. The summed E-state index contributed by atoms with van der Waals surface area (Å²) in [5.74, 6) is 0. The van der Waals surface area contributed by atoms with Crippen molar-refractivity contribution in [3.05, 3.63) is 168 Å². The van der Waals surface area contributed by atoms with Crippen LogP contribution in [0.3, 0.4) is 0 Å². The van der Waals surface area contributed by atoms with Gasteiger partial charge >= 0.3 is 0 Å². The van der Waals surface area contributed by atoms with Gasteiger partial charge in [-0.15, -0.1) is 0 Å². The largest absolute Gasteiger partial charge is 0.216 e. The molecule has 7 aromatic carbocycles. The molecule has 2 aromatic heterocycles. The Balaban J connectivity index is 0.000000173. The third-order valence-corrected chi connectivity index (χ3v) is 11.1. The summed E-state index contributed by atoms with van der Waals surface area (Å²) < 4.78 is 4.48. The van der Waals surface area contributed by atoms with E-state index in [-0.39, 0.29) is 21.1 Å².